The van der Waals surface area contributed by atoms with E-state index in [0.29, 0.717) is 10.8 Å². The van der Waals surface area contributed by atoms with E-state index in [2.05, 4.69) is 4.98 Å². The highest BCUT2D eigenvalue weighted by atomic mass is 19.3. The molecular formula is C9H10F3N3O3. The molecule has 0 aromatic carbocycles. The van der Waals surface area contributed by atoms with Crippen LogP contribution in [0.25, 0.3) is 0 Å². The molecule has 1 unspecified atom stereocenters. The Morgan fingerprint density at radius 3 is 2.89 bits per heavy atom. The van der Waals surface area contributed by atoms with Crippen molar-refractivity contribution in [1.82, 2.24) is 9.55 Å². The normalized spacial score (nSPS) is 26.4. The van der Waals surface area contributed by atoms with Crippen molar-refractivity contribution >= 4 is 5.82 Å². The SMILES string of the molecule is Nc1nc(=O)n(C2O[C@@H](CO)CC2(F)F)cc1F. The van der Waals surface area contributed by atoms with Crippen LogP contribution in [0.3, 0.4) is 0 Å². The Balaban J connectivity index is 2.43. The molecular weight excluding hydrogens is 255 g/mol. The van der Waals surface area contributed by atoms with Crippen LogP contribution in [0.4, 0.5) is 19.0 Å². The molecule has 6 nitrogen and oxygen atoms in total. The molecule has 0 saturated carbocycles. The second-order valence-electron chi connectivity index (χ2n) is 3.92. The molecule has 0 amide bonds. The molecule has 0 bridgehead atoms. The molecule has 0 radical (unpaired) electrons. The maximum Gasteiger partial charge on any atom is 0.352 e. The number of halogens is 3. The number of hydrogen-bond donors (Lipinski definition) is 2. The smallest absolute Gasteiger partial charge is 0.352 e. The van der Waals surface area contributed by atoms with Crippen molar-refractivity contribution in [3.05, 3.63) is 22.5 Å². The largest absolute Gasteiger partial charge is 0.394 e. The van der Waals surface area contributed by atoms with Gasteiger partial charge in [-0.2, -0.15) is 4.98 Å². The fourth-order valence-electron chi connectivity index (χ4n) is 1.74. The molecule has 1 aliphatic heterocycles. The van der Waals surface area contributed by atoms with Gasteiger partial charge in [0.25, 0.3) is 5.92 Å². The lowest BCUT2D eigenvalue weighted by Gasteiger charge is -2.19. The van der Waals surface area contributed by atoms with Crippen LogP contribution in [0, 0.1) is 5.82 Å². The van der Waals surface area contributed by atoms with Crippen LogP contribution in [0.1, 0.15) is 12.6 Å². The van der Waals surface area contributed by atoms with Crippen molar-refractivity contribution in [3.63, 3.8) is 0 Å². The summed E-state index contributed by atoms with van der Waals surface area (Å²) in [5.41, 5.74) is 3.90. The summed E-state index contributed by atoms with van der Waals surface area (Å²) in [7, 11) is 0. The Bertz CT molecular complexity index is 520. The fourth-order valence-corrected chi connectivity index (χ4v) is 1.74. The molecule has 2 heterocycles. The Kier molecular flexibility index (Phi) is 3.03. The van der Waals surface area contributed by atoms with Gasteiger partial charge in [-0.05, 0) is 0 Å². The van der Waals surface area contributed by atoms with Crippen LogP contribution < -0.4 is 11.4 Å². The average Bonchev–Trinajstić information content (AvgIpc) is 2.59. The van der Waals surface area contributed by atoms with Gasteiger partial charge in [0.1, 0.15) is 0 Å². The van der Waals surface area contributed by atoms with Gasteiger partial charge in [0.05, 0.1) is 18.9 Å². The summed E-state index contributed by atoms with van der Waals surface area (Å²) in [5.74, 6) is -5.17. The minimum Gasteiger partial charge on any atom is -0.394 e. The van der Waals surface area contributed by atoms with Crippen LogP contribution in [-0.2, 0) is 4.74 Å². The summed E-state index contributed by atoms with van der Waals surface area (Å²) in [6, 6.07) is 0. The summed E-state index contributed by atoms with van der Waals surface area (Å²) in [4.78, 5) is 14.5. The predicted octanol–water partition coefficient (Wildman–Crippen LogP) is -0.120. The fraction of sp³-hybridized carbons (Fsp3) is 0.556. The summed E-state index contributed by atoms with van der Waals surface area (Å²) in [5, 5.41) is 8.78. The van der Waals surface area contributed by atoms with E-state index in [1.54, 1.807) is 0 Å². The van der Waals surface area contributed by atoms with Crippen molar-refractivity contribution < 1.29 is 23.0 Å². The zero-order valence-electron chi connectivity index (χ0n) is 9.02. The molecule has 9 heteroatoms. The number of ether oxygens (including phenoxy) is 1. The Labute approximate surface area is 98.8 Å². The molecule has 1 aliphatic rings. The third kappa shape index (κ3) is 2.06. The van der Waals surface area contributed by atoms with E-state index in [1.807, 2.05) is 0 Å². The van der Waals surface area contributed by atoms with Crippen molar-refractivity contribution in [1.29, 1.82) is 0 Å². The van der Waals surface area contributed by atoms with Gasteiger partial charge in [-0.25, -0.2) is 18.0 Å². The zero-order chi connectivity index (χ0) is 13.5. The zero-order valence-corrected chi connectivity index (χ0v) is 9.02. The summed E-state index contributed by atoms with van der Waals surface area (Å²) >= 11 is 0. The minimum atomic E-state index is -3.40. The van der Waals surface area contributed by atoms with E-state index < -0.39 is 48.6 Å². The van der Waals surface area contributed by atoms with Gasteiger partial charge in [-0.1, -0.05) is 0 Å². The van der Waals surface area contributed by atoms with E-state index in [1.165, 1.54) is 0 Å². The van der Waals surface area contributed by atoms with Crippen LogP contribution in [-0.4, -0.2) is 33.3 Å². The van der Waals surface area contributed by atoms with Crippen molar-refractivity contribution in [2.24, 2.45) is 0 Å². The predicted molar refractivity (Wildman–Crippen MR) is 53.4 cm³/mol. The van der Waals surface area contributed by atoms with E-state index in [4.69, 9.17) is 15.6 Å². The lowest BCUT2D eigenvalue weighted by Crippen LogP contribution is -2.35. The molecule has 1 aromatic rings. The number of nitrogens with zero attached hydrogens (tertiary/aromatic N) is 2. The topological polar surface area (TPSA) is 90.4 Å². The van der Waals surface area contributed by atoms with Gasteiger partial charge < -0.3 is 15.6 Å². The number of alkyl halides is 2. The monoisotopic (exact) mass is 265 g/mol. The van der Waals surface area contributed by atoms with Gasteiger partial charge in [-0.3, -0.25) is 4.57 Å². The van der Waals surface area contributed by atoms with Crippen molar-refractivity contribution in [2.75, 3.05) is 12.3 Å². The third-order valence-corrected chi connectivity index (χ3v) is 2.57. The van der Waals surface area contributed by atoms with E-state index in [0.717, 1.165) is 0 Å². The number of aromatic nitrogens is 2. The first-order chi connectivity index (χ1) is 8.35. The van der Waals surface area contributed by atoms with Crippen molar-refractivity contribution in [2.45, 2.75) is 24.7 Å². The number of nitrogens with two attached hydrogens (primary N) is 1. The average molecular weight is 265 g/mol. The maximum absolute atomic E-state index is 13.6. The first kappa shape index (κ1) is 12.8. The molecule has 0 aliphatic carbocycles. The molecule has 1 fully saturated rings. The molecule has 100 valence electrons. The van der Waals surface area contributed by atoms with Crippen LogP contribution in [0.2, 0.25) is 0 Å². The highest BCUT2D eigenvalue weighted by Gasteiger charge is 2.51. The van der Waals surface area contributed by atoms with E-state index in [9.17, 15) is 18.0 Å². The van der Waals surface area contributed by atoms with E-state index in [-0.39, 0.29) is 0 Å². The Hall–Kier alpha value is -1.61. The van der Waals surface area contributed by atoms with Gasteiger partial charge in [-0.15, -0.1) is 0 Å². The Morgan fingerprint density at radius 2 is 2.33 bits per heavy atom. The third-order valence-electron chi connectivity index (χ3n) is 2.57. The standard InChI is InChI=1S/C9H10F3N3O3/c10-5-2-15(8(17)14-6(5)13)7-9(11,12)1-4(3-16)18-7/h2,4,7,16H,1,3H2,(H2,13,14,17)/t4-,7?/m1/s1. The summed E-state index contributed by atoms with van der Waals surface area (Å²) < 4.78 is 45.4. The molecule has 18 heavy (non-hydrogen) atoms. The summed E-state index contributed by atoms with van der Waals surface area (Å²) in [6.07, 6.45) is -3.35. The first-order valence-corrected chi connectivity index (χ1v) is 5.03. The lowest BCUT2D eigenvalue weighted by atomic mass is 10.2. The highest BCUT2D eigenvalue weighted by molar-refractivity contribution is 5.26. The number of nitrogen functional groups attached to an aromatic ring is 1. The molecule has 2 rings (SSSR count). The summed E-state index contributed by atoms with van der Waals surface area (Å²) in [6.45, 7) is -0.619. The molecule has 0 spiro atoms. The van der Waals surface area contributed by atoms with Crippen LogP contribution >= 0.6 is 0 Å². The van der Waals surface area contributed by atoms with Gasteiger partial charge in [0.2, 0.25) is 6.23 Å². The van der Waals surface area contributed by atoms with Gasteiger partial charge in [0, 0.05) is 6.42 Å². The van der Waals surface area contributed by atoms with Crippen molar-refractivity contribution in [3.8, 4) is 0 Å². The number of aliphatic hydroxyl groups is 1. The number of anilines is 1. The second kappa shape index (κ2) is 4.25. The van der Waals surface area contributed by atoms with Crippen LogP contribution in [0.15, 0.2) is 11.0 Å². The maximum atomic E-state index is 13.6. The lowest BCUT2D eigenvalue weighted by molar-refractivity contribution is -0.120. The highest BCUT2D eigenvalue weighted by Crippen LogP contribution is 2.41. The Morgan fingerprint density at radius 1 is 1.67 bits per heavy atom. The molecule has 2 atom stereocenters. The quantitative estimate of drug-likeness (QED) is 0.778. The molecule has 3 N–H and O–H groups in total. The molecule has 1 aromatic heterocycles. The second-order valence-corrected chi connectivity index (χ2v) is 3.92. The number of rotatable bonds is 2. The minimum absolute atomic E-state index is 0.335. The van der Waals surface area contributed by atoms with Gasteiger partial charge in [0.15, 0.2) is 11.6 Å². The van der Waals surface area contributed by atoms with Crippen LogP contribution in [0.5, 0.6) is 0 Å². The number of aliphatic hydroxyl groups excluding tert-OH is 1. The van der Waals surface area contributed by atoms with E-state index >= 15 is 0 Å². The number of hydrogen-bond acceptors (Lipinski definition) is 5. The first-order valence-electron chi connectivity index (χ1n) is 5.03. The molecule has 1 saturated heterocycles. The van der Waals surface area contributed by atoms with Gasteiger partial charge >= 0.3 is 5.69 Å².